The van der Waals surface area contributed by atoms with E-state index in [2.05, 4.69) is 43.4 Å². The second-order valence-corrected chi connectivity index (χ2v) is 6.27. The van der Waals surface area contributed by atoms with E-state index in [0.29, 0.717) is 17.1 Å². The van der Waals surface area contributed by atoms with Gasteiger partial charge in [-0.15, -0.1) is 5.10 Å². The van der Waals surface area contributed by atoms with Crippen LogP contribution in [0.4, 0.5) is 10.1 Å². The Kier molecular flexibility index (Phi) is 4.56. The molecule has 2 aromatic carbocycles. The molecular weight excluding hydrogens is 424 g/mol. The van der Waals surface area contributed by atoms with E-state index >= 15 is 0 Å². The van der Waals surface area contributed by atoms with Crippen LogP contribution >= 0.6 is 22.6 Å². The van der Waals surface area contributed by atoms with Gasteiger partial charge in [0.1, 0.15) is 11.5 Å². The average Bonchev–Trinajstić information content (AvgIpc) is 2.97. The van der Waals surface area contributed by atoms with Gasteiger partial charge in [0.25, 0.3) is 5.91 Å². The highest BCUT2D eigenvalue weighted by atomic mass is 127. The number of nitrogens with one attached hydrogen (secondary N) is 1. The van der Waals surface area contributed by atoms with Crippen molar-refractivity contribution in [3.63, 3.8) is 0 Å². The molecule has 24 heavy (non-hydrogen) atoms. The topological polar surface area (TPSA) is 72.7 Å². The van der Waals surface area contributed by atoms with Gasteiger partial charge < -0.3 is 5.32 Å². The zero-order chi connectivity index (χ0) is 17.3. The number of tetrazole rings is 1. The largest absolute Gasteiger partial charge is 0.322 e. The Morgan fingerprint density at radius 3 is 2.75 bits per heavy atom. The van der Waals surface area contributed by atoms with Crippen molar-refractivity contribution in [2.75, 3.05) is 5.32 Å². The molecule has 0 bridgehead atoms. The van der Waals surface area contributed by atoms with Crippen molar-refractivity contribution in [2.45, 2.75) is 13.8 Å². The van der Waals surface area contributed by atoms with Crippen molar-refractivity contribution in [1.82, 2.24) is 20.2 Å². The minimum Gasteiger partial charge on any atom is -0.322 e. The predicted molar refractivity (Wildman–Crippen MR) is 95.7 cm³/mol. The van der Waals surface area contributed by atoms with Crippen LogP contribution in [0.1, 0.15) is 21.7 Å². The minimum absolute atomic E-state index is 0.175. The smallest absolute Gasteiger partial charge is 0.256 e. The molecule has 1 aromatic heterocycles. The van der Waals surface area contributed by atoms with Gasteiger partial charge in [0.15, 0.2) is 5.82 Å². The molecule has 3 rings (SSSR count). The van der Waals surface area contributed by atoms with Crippen molar-refractivity contribution in [1.29, 1.82) is 0 Å². The number of hydrogen-bond acceptors (Lipinski definition) is 4. The number of anilines is 1. The SMILES string of the molecule is Cc1cccc(C(=O)Nc2ccc(F)c(-n3nnnc3C)c2)c1I. The maximum Gasteiger partial charge on any atom is 0.256 e. The van der Waals surface area contributed by atoms with E-state index < -0.39 is 5.82 Å². The van der Waals surface area contributed by atoms with Crippen LogP contribution in [0.5, 0.6) is 0 Å². The molecule has 1 heterocycles. The van der Waals surface area contributed by atoms with Gasteiger partial charge in [0.2, 0.25) is 0 Å². The van der Waals surface area contributed by atoms with Crippen molar-refractivity contribution >= 4 is 34.2 Å². The highest BCUT2D eigenvalue weighted by Gasteiger charge is 2.14. The third kappa shape index (κ3) is 3.14. The molecule has 3 aromatic rings. The van der Waals surface area contributed by atoms with E-state index in [1.54, 1.807) is 13.0 Å². The van der Waals surface area contributed by atoms with Crippen LogP contribution in [0.25, 0.3) is 5.69 Å². The second-order valence-electron chi connectivity index (χ2n) is 5.19. The summed E-state index contributed by atoms with van der Waals surface area (Å²) in [6.07, 6.45) is 0. The minimum atomic E-state index is -0.478. The van der Waals surface area contributed by atoms with E-state index in [1.165, 1.54) is 22.9 Å². The molecule has 0 radical (unpaired) electrons. The molecule has 0 saturated heterocycles. The van der Waals surface area contributed by atoms with Crippen LogP contribution in [-0.2, 0) is 0 Å². The van der Waals surface area contributed by atoms with Crippen LogP contribution in [-0.4, -0.2) is 26.1 Å². The Morgan fingerprint density at radius 2 is 2.04 bits per heavy atom. The normalized spacial score (nSPS) is 10.7. The lowest BCUT2D eigenvalue weighted by atomic mass is 10.1. The fraction of sp³-hybridized carbons (Fsp3) is 0.125. The van der Waals surface area contributed by atoms with Gasteiger partial charge in [-0.3, -0.25) is 4.79 Å². The van der Waals surface area contributed by atoms with Crippen molar-refractivity contribution in [3.05, 3.63) is 62.7 Å². The van der Waals surface area contributed by atoms with Crippen molar-refractivity contribution in [2.24, 2.45) is 0 Å². The van der Waals surface area contributed by atoms with Crippen LogP contribution in [0.15, 0.2) is 36.4 Å². The quantitative estimate of drug-likeness (QED) is 0.639. The molecule has 0 aliphatic carbocycles. The summed E-state index contributed by atoms with van der Waals surface area (Å²) in [5.74, 6) is -0.284. The molecule has 0 fully saturated rings. The first-order valence-electron chi connectivity index (χ1n) is 7.08. The number of benzene rings is 2. The number of nitrogens with zero attached hydrogens (tertiary/aromatic N) is 4. The molecular formula is C16H13FIN5O. The van der Waals surface area contributed by atoms with Gasteiger partial charge in [-0.05, 0) is 76.7 Å². The third-order valence-electron chi connectivity index (χ3n) is 3.49. The number of hydrogen-bond donors (Lipinski definition) is 1. The molecule has 1 amide bonds. The van der Waals surface area contributed by atoms with Crippen LogP contribution < -0.4 is 5.32 Å². The lowest BCUT2D eigenvalue weighted by Crippen LogP contribution is -2.14. The maximum absolute atomic E-state index is 14.1. The Hall–Kier alpha value is -2.36. The highest BCUT2D eigenvalue weighted by molar-refractivity contribution is 14.1. The summed E-state index contributed by atoms with van der Waals surface area (Å²) in [5.41, 5.74) is 2.23. The highest BCUT2D eigenvalue weighted by Crippen LogP contribution is 2.21. The van der Waals surface area contributed by atoms with Crippen LogP contribution in [0, 0.1) is 23.2 Å². The van der Waals surface area contributed by atoms with E-state index in [4.69, 9.17) is 0 Å². The van der Waals surface area contributed by atoms with Gasteiger partial charge in [-0.1, -0.05) is 12.1 Å². The molecule has 0 aliphatic rings. The molecule has 6 nitrogen and oxygen atoms in total. The zero-order valence-corrected chi connectivity index (χ0v) is 15.1. The maximum atomic E-state index is 14.1. The summed E-state index contributed by atoms with van der Waals surface area (Å²) in [7, 11) is 0. The molecule has 0 spiro atoms. The Morgan fingerprint density at radius 1 is 1.25 bits per heavy atom. The van der Waals surface area contributed by atoms with Gasteiger partial charge in [-0.2, -0.15) is 4.68 Å². The molecule has 0 saturated carbocycles. The average molecular weight is 437 g/mol. The van der Waals surface area contributed by atoms with E-state index in [0.717, 1.165) is 9.13 Å². The Bertz CT molecular complexity index is 925. The van der Waals surface area contributed by atoms with Crippen molar-refractivity contribution < 1.29 is 9.18 Å². The van der Waals surface area contributed by atoms with E-state index in [1.807, 2.05) is 19.1 Å². The van der Waals surface area contributed by atoms with Gasteiger partial charge in [-0.25, -0.2) is 4.39 Å². The molecule has 0 aliphatic heterocycles. The lowest BCUT2D eigenvalue weighted by molar-refractivity contribution is 0.102. The number of carbonyl (C=O) groups excluding carboxylic acids is 1. The fourth-order valence-electron chi connectivity index (χ4n) is 2.23. The predicted octanol–water partition coefficient (Wildman–Crippen LogP) is 3.28. The van der Waals surface area contributed by atoms with E-state index in [9.17, 15) is 9.18 Å². The number of aryl methyl sites for hydroxylation is 2. The van der Waals surface area contributed by atoms with Crippen molar-refractivity contribution in [3.8, 4) is 5.69 Å². The zero-order valence-electron chi connectivity index (χ0n) is 12.9. The van der Waals surface area contributed by atoms with Crippen LogP contribution in [0.3, 0.4) is 0 Å². The number of aromatic nitrogens is 4. The summed E-state index contributed by atoms with van der Waals surface area (Å²) in [6.45, 7) is 3.61. The monoisotopic (exact) mass is 437 g/mol. The number of halogens is 2. The van der Waals surface area contributed by atoms with Gasteiger partial charge in [0.05, 0.1) is 5.56 Å². The first-order valence-corrected chi connectivity index (χ1v) is 8.16. The molecule has 8 heteroatoms. The molecule has 1 N–H and O–H groups in total. The molecule has 0 unspecified atom stereocenters. The summed E-state index contributed by atoms with van der Waals surface area (Å²) < 4.78 is 16.2. The summed E-state index contributed by atoms with van der Waals surface area (Å²) in [5, 5.41) is 13.8. The van der Waals surface area contributed by atoms with E-state index in [-0.39, 0.29) is 11.6 Å². The second kappa shape index (κ2) is 6.63. The first-order chi connectivity index (χ1) is 11.5. The summed E-state index contributed by atoms with van der Waals surface area (Å²) in [6, 6.07) is 9.79. The summed E-state index contributed by atoms with van der Waals surface area (Å²) in [4.78, 5) is 12.5. The summed E-state index contributed by atoms with van der Waals surface area (Å²) >= 11 is 2.14. The Balaban J connectivity index is 1.92. The first kappa shape index (κ1) is 16.5. The fourth-order valence-corrected chi connectivity index (χ4v) is 2.83. The van der Waals surface area contributed by atoms with Crippen LogP contribution in [0.2, 0.25) is 0 Å². The number of carbonyl (C=O) groups is 1. The standard InChI is InChI=1S/C16H13FIN5O/c1-9-4-3-5-12(15(9)18)16(24)19-11-6-7-13(17)14(8-11)23-10(2)20-21-22-23/h3-8H,1-2H3,(H,19,24). The molecule has 122 valence electrons. The van der Waals surface area contributed by atoms with Gasteiger partial charge in [0, 0.05) is 9.26 Å². The Labute approximate surface area is 151 Å². The number of amides is 1. The van der Waals surface area contributed by atoms with Gasteiger partial charge >= 0.3 is 0 Å². The lowest BCUT2D eigenvalue weighted by Gasteiger charge is -2.10. The third-order valence-corrected chi connectivity index (χ3v) is 4.93. The molecule has 0 atom stereocenters. The number of rotatable bonds is 3.